The minimum absolute atomic E-state index is 0.201. The Kier molecular flexibility index (Phi) is 7.26. The third kappa shape index (κ3) is 5.72. The van der Waals surface area contributed by atoms with Crippen LogP contribution in [-0.4, -0.2) is 50.8 Å². The quantitative estimate of drug-likeness (QED) is 0.684. The van der Waals surface area contributed by atoms with E-state index in [1.807, 2.05) is 51.2 Å². The van der Waals surface area contributed by atoms with E-state index >= 15 is 0 Å². The molecule has 112 valence electrons. The summed E-state index contributed by atoms with van der Waals surface area (Å²) in [6, 6.07) is 9.73. The van der Waals surface area contributed by atoms with Crippen LogP contribution in [-0.2, 0) is 14.3 Å². The lowest BCUT2D eigenvalue weighted by atomic mass is 9.99. The number of hydrogen-bond donors (Lipinski definition) is 0. The van der Waals surface area contributed by atoms with Gasteiger partial charge < -0.3 is 14.4 Å². The predicted molar refractivity (Wildman–Crippen MR) is 79.8 cm³/mol. The van der Waals surface area contributed by atoms with Crippen molar-refractivity contribution in [3.05, 3.63) is 35.9 Å². The first-order valence-electron chi connectivity index (χ1n) is 6.97. The van der Waals surface area contributed by atoms with E-state index in [1.54, 1.807) is 0 Å². The van der Waals surface area contributed by atoms with Crippen LogP contribution in [0.4, 0.5) is 0 Å². The monoisotopic (exact) mass is 279 g/mol. The summed E-state index contributed by atoms with van der Waals surface area (Å²) in [6.07, 6.45) is 0.230. The first kappa shape index (κ1) is 16.7. The lowest BCUT2D eigenvalue weighted by Crippen LogP contribution is -2.32. The molecule has 0 amide bonds. The standard InChI is InChI=1S/C16H25NO3/c1-13(2)20-11-10-17(3)12-15(16(18)19-4)14-8-6-5-7-9-14/h5-9,13,15H,10-12H2,1-4H3. The van der Waals surface area contributed by atoms with Gasteiger partial charge in [-0.25, -0.2) is 0 Å². The van der Waals surface area contributed by atoms with E-state index < -0.39 is 0 Å². The van der Waals surface area contributed by atoms with Crippen LogP contribution in [0.25, 0.3) is 0 Å². The second kappa shape index (κ2) is 8.72. The summed E-state index contributed by atoms with van der Waals surface area (Å²) in [5.74, 6) is -0.460. The van der Waals surface area contributed by atoms with Gasteiger partial charge in [0.25, 0.3) is 0 Å². The molecule has 0 aliphatic rings. The van der Waals surface area contributed by atoms with Crippen molar-refractivity contribution in [1.29, 1.82) is 0 Å². The third-order valence-electron chi connectivity index (χ3n) is 3.11. The highest BCUT2D eigenvalue weighted by molar-refractivity contribution is 5.78. The van der Waals surface area contributed by atoms with Gasteiger partial charge in [0.1, 0.15) is 0 Å². The Morgan fingerprint density at radius 1 is 1.25 bits per heavy atom. The molecule has 0 N–H and O–H groups in total. The molecule has 0 aliphatic carbocycles. The van der Waals surface area contributed by atoms with Gasteiger partial charge in [0.15, 0.2) is 0 Å². The molecule has 1 unspecified atom stereocenters. The Balaban J connectivity index is 2.59. The van der Waals surface area contributed by atoms with Gasteiger partial charge in [-0.1, -0.05) is 30.3 Å². The van der Waals surface area contributed by atoms with E-state index in [4.69, 9.17) is 9.47 Å². The van der Waals surface area contributed by atoms with Crippen LogP contribution >= 0.6 is 0 Å². The minimum Gasteiger partial charge on any atom is -0.469 e. The zero-order valence-electron chi connectivity index (χ0n) is 12.8. The third-order valence-corrected chi connectivity index (χ3v) is 3.11. The molecule has 0 fully saturated rings. The molecular formula is C16H25NO3. The van der Waals surface area contributed by atoms with Crippen molar-refractivity contribution in [2.24, 2.45) is 0 Å². The van der Waals surface area contributed by atoms with Gasteiger partial charge in [-0.3, -0.25) is 4.79 Å². The van der Waals surface area contributed by atoms with E-state index in [0.29, 0.717) is 13.2 Å². The maximum absolute atomic E-state index is 11.9. The van der Waals surface area contributed by atoms with Crippen LogP contribution in [0.15, 0.2) is 30.3 Å². The van der Waals surface area contributed by atoms with Gasteiger partial charge in [0, 0.05) is 13.1 Å². The number of rotatable bonds is 8. The van der Waals surface area contributed by atoms with Crippen LogP contribution < -0.4 is 0 Å². The molecule has 20 heavy (non-hydrogen) atoms. The minimum atomic E-state index is -0.259. The van der Waals surface area contributed by atoms with Crippen LogP contribution in [0.1, 0.15) is 25.3 Å². The Hall–Kier alpha value is -1.39. The molecule has 0 aromatic heterocycles. The average molecular weight is 279 g/mol. The fraction of sp³-hybridized carbons (Fsp3) is 0.562. The van der Waals surface area contributed by atoms with Crippen LogP contribution in [0.3, 0.4) is 0 Å². The summed E-state index contributed by atoms with van der Waals surface area (Å²) >= 11 is 0. The largest absolute Gasteiger partial charge is 0.469 e. The number of carbonyl (C=O) groups is 1. The van der Waals surface area contributed by atoms with Crippen molar-refractivity contribution < 1.29 is 14.3 Å². The van der Waals surface area contributed by atoms with Gasteiger partial charge in [-0.2, -0.15) is 0 Å². The van der Waals surface area contributed by atoms with Crippen molar-refractivity contribution in [3.8, 4) is 0 Å². The number of benzene rings is 1. The number of hydrogen-bond acceptors (Lipinski definition) is 4. The number of likely N-dealkylation sites (N-methyl/N-ethyl adjacent to an activating group) is 1. The maximum Gasteiger partial charge on any atom is 0.314 e. The summed E-state index contributed by atoms with van der Waals surface area (Å²) in [5.41, 5.74) is 0.982. The first-order valence-corrected chi connectivity index (χ1v) is 6.97. The van der Waals surface area contributed by atoms with Gasteiger partial charge in [0.2, 0.25) is 0 Å². The molecule has 0 spiro atoms. The summed E-state index contributed by atoms with van der Waals surface area (Å²) in [4.78, 5) is 14.0. The van der Waals surface area contributed by atoms with Crippen molar-refractivity contribution in [1.82, 2.24) is 4.90 Å². The molecule has 1 aromatic rings. The molecule has 4 nitrogen and oxygen atoms in total. The fourth-order valence-corrected chi connectivity index (χ4v) is 1.99. The fourth-order valence-electron chi connectivity index (χ4n) is 1.99. The second-order valence-electron chi connectivity index (χ2n) is 5.17. The van der Waals surface area contributed by atoms with Gasteiger partial charge >= 0.3 is 5.97 Å². The van der Waals surface area contributed by atoms with Gasteiger partial charge in [-0.05, 0) is 26.5 Å². The van der Waals surface area contributed by atoms with Gasteiger partial charge in [-0.15, -0.1) is 0 Å². The highest BCUT2D eigenvalue weighted by Crippen LogP contribution is 2.18. The normalized spacial score (nSPS) is 12.7. The zero-order chi connectivity index (χ0) is 15.0. The summed E-state index contributed by atoms with van der Waals surface area (Å²) in [6.45, 7) is 6.11. The molecule has 1 atom stereocenters. The molecule has 0 aliphatic heterocycles. The Labute approximate surface area is 121 Å². The zero-order valence-corrected chi connectivity index (χ0v) is 12.8. The predicted octanol–water partition coefficient (Wildman–Crippen LogP) is 2.30. The molecule has 0 saturated heterocycles. The van der Waals surface area contributed by atoms with Crippen LogP contribution in [0.2, 0.25) is 0 Å². The van der Waals surface area contributed by atoms with Crippen molar-refractivity contribution >= 4 is 5.97 Å². The molecule has 1 aromatic carbocycles. The highest BCUT2D eigenvalue weighted by atomic mass is 16.5. The lowest BCUT2D eigenvalue weighted by Gasteiger charge is -2.23. The van der Waals surface area contributed by atoms with Crippen molar-refractivity contribution in [2.45, 2.75) is 25.9 Å². The Morgan fingerprint density at radius 3 is 2.45 bits per heavy atom. The first-order chi connectivity index (χ1) is 9.54. The smallest absolute Gasteiger partial charge is 0.314 e. The number of methoxy groups -OCH3 is 1. The Bertz CT molecular complexity index is 392. The number of esters is 1. The molecule has 0 bridgehead atoms. The molecule has 0 radical (unpaired) electrons. The lowest BCUT2D eigenvalue weighted by molar-refractivity contribution is -0.142. The number of carbonyl (C=O) groups excluding carboxylic acids is 1. The second-order valence-corrected chi connectivity index (χ2v) is 5.17. The SMILES string of the molecule is COC(=O)C(CN(C)CCOC(C)C)c1ccccc1. The van der Waals surface area contributed by atoms with Gasteiger partial charge in [0.05, 0.1) is 25.7 Å². The summed E-state index contributed by atoms with van der Waals surface area (Å²) in [7, 11) is 3.42. The number of ether oxygens (including phenoxy) is 2. The van der Waals surface area contributed by atoms with E-state index in [2.05, 4.69) is 4.90 Å². The van der Waals surface area contributed by atoms with Crippen molar-refractivity contribution in [3.63, 3.8) is 0 Å². The van der Waals surface area contributed by atoms with E-state index in [-0.39, 0.29) is 18.0 Å². The topological polar surface area (TPSA) is 38.8 Å². The molecule has 0 heterocycles. The van der Waals surface area contributed by atoms with E-state index in [1.165, 1.54) is 7.11 Å². The van der Waals surface area contributed by atoms with Crippen LogP contribution in [0.5, 0.6) is 0 Å². The highest BCUT2D eigenvalue weighted by Gasteiger charge is 2.22. The summed E-state index contributed by atoms with van der Waals surface area (Å²) in [5, 5.41) is 0. The summed E-state index contributed by atoms with van der Waals surface area (Å²) < 4.78 is 10.4. The van der Waals surface area contributed by atoms with E-state index in [9.17, 15) is 4.79 Å². The molecule has 0 saturated carbocycles. The average Bonchev–Trinajstić information content (AvgIpc) is 2.44. The molecule has 1 rings (SSSR count). The van der Waals surface area contributed by atoms with Crippen molar-refractivity contribution in [2.75, 3.05) is 33.9 Å². The molecular weight excluding hydrogens is 254 g/mol. The number of nitrogens with zero attached hydrogens (tertiary/aromatic N) is 1. The molecule has 4 heteroatoms. The maximum atomic E-state index is 11.9. The van der Waals surface area contributed by atoms with E-state index in [0.717, 1.165) is 12.1 Å². The van der Waals surface area contributed by atoms with Crippen LogP contribution in [0, 0.1) is 0 Å². The Morgan fingerprint density at radius 2 is 1.90 bits per heavy atom.